The maximum atomic E-state index is 13.8. The summed E-state index contributed by atoms with van der Waals surface area (Å²) in [5, 5.41) is 0. The highest BCUT2D eigenvalue weighted by atomic mass is 31.3. The molecule has 9 N–H and O–H groups in total. The Hall–Kier alpha value is -2.76. The molecule has 2 heterocycles. The fourth-order valence-corrected chi connectivity index (χ4v) is 10.00. The SMILES string of the molecule is CCCCCCCCCCCCP(=O)(OCc1ccc(OC(=O)OCCCC)cc1)OP(=O)(O)OP(=O)(O)OC[C@@H]1C=C[C@H](n2cc(C)c(=O)[nH]c2=O)O1.N.N. The van der Waals surface area contributed by atoms with E-state index in [-0.39, 0.29) is 43.0 Å². The summed E-state index contributed by atoms with van der Waals surface area (Å²) in [7, 11) is -15.3. The van der Waals surface area contributed by atoms with E-state index in [1.165, 1.54) is 75.2 Å². The van der Waals surface area contributed by atoms with Gasteiger partial charge in [0.15, 0.2) is 6.23 Å². The summed E-state index contributed by atoms with van der Waals surface area (Å²) >= 11 is 0. The first kappa shape index (κ1) is 51.3. The van der Waals surface area contributed by atoms with Gasteiger partial charge in [0.1, 0.15) is 11.9 Å². The third-order valence-corrected chi connectivity index (χ3v) is 13.4. The van der Waals surface area contributed by atoms with E-state index in [1.807, 2.05) is 6.92 Å². The van der Waals surface area contributed by atoms with Gasteiger partial charge in [0.05, 0.1) is 26.0 Å². The third-order valence-electron chi connectivity index (χ3n) is 8.12. The molecule has 1 aliphatic rings. The molecule has 56 heavy (non-hydrogen) atoms. The Labute approximate surface area is 327 Å². The van der Waals surface area contributed by atoms with Crippen molar-refractivity contribution in [3.63, 3.8) is 0 Å². The number of phosphoric ester groups is 1. The van der Waals surface area contributed by atoms with Crippen LogP contribution in [0.5, 0.6) is 5.75 Å². The molecule has 1 aromatic heterocycles. The largest absolute Gasteiger partial charge is 0.513 e. The van der Waals surface area contributed by atoms with Gasteiger partial charge < -0.3 is 40.8 Å². The van der Waals surface area contributed by atoms with Crippen LogP contribution in [0, 0.1) is 6.92 Å². The van der Waals surface area contributed by atoms with Gasteiger partial charge in [-0.1, -0.05) is 96.3 Å². The minimum absolute atomic E-state index is 0. The maximum Gasteiger partial charge on any atom is 0.513 e. The van der Waals surface area contributed by atoms with Gasteiger partial charge in [-0.3, -0.25) is 23.4 Å². The molecule has 0 fully saturated rings. The van der Waals surface area contributed by atoms with Crippen LogP contribution in [0.1, 0.15) is 108 Å². The summed E-state index contributed by atoms with van der Waals surface area (Å²) in [6.07, 6.45) is 12.3. The van der Waals surface area contributed by atoms with Crippen molar-refractivity contribution in [2.24, 2.45) is 0 Å². The van der Waals surface area contributed by atoms with Crippen LogP contribution in [0.25, 0.3) is 0 Å². The van der Waals surface area contributed by atoms with Gasteiger partial charge >= 0.3 is 35.1 Å². The predicted octanol–water partition coefficient (Wildman–Crippen LogP) is 8.52. The van der Waals surface area contributed by atoms with Gasteiger partial charge in [0.25, 0.3) is 5.56 Å². The fourth-order valence-electron chi connectivity index (χ4n) is 5.18. The molecule has 3 unspecified atom stereocenters. The zero-order valence-corrected chi connectivity index (χ0v) is 35.1. The molecule has 0 aliphatic carbocycles. The smallest absolute Gasteiger partial charge is 0.434 e. The molecular weight excluding hydrogens is 797 g/mol. The Morgan fingerprint density at radius 2 is 1.43 bits per heavy atom. The maximum absolute atomic E-state index is 13.8. The van der Waals surface area contributed by atoms with Crippen LogP contribution in [0.15, 0.2) is 52.2 Å². The summed E-state index contributed by atoms with van der Waals surface area (Å²) in [4.78, 5) is 58.6. The van der Waals surface area contributed by atoms with Gasteiger partial charge in [-0.2, -0.15) is 4.31 Å². The van der Waals surface area contributed by atoms with E-state index in [0.717, 1.165) is 36.7 Å². The normalized spacial score (nSPS) is 18.2. The Kier molecular flexibility index (Phi) is 23.4. The molecule has 320 valence electrons. The number of aromatic amines is 1. The Bertz CT molecular complexity index is 1770. The van der Waals surface area contributed by atoms with Crippen LogP contribution in [0.3, 0.4) is 0 Å². The monoisotopic (exact) mass is 856 g/mol. The van der Waals surface area contributed by atoms with Gasteiger partial charge in [-0.05, 0) is 43.5 Å². The molecule has 1 aliphatic heterocycles. The molecule has 0 bridgehead atoms. The minimum Gasteiger partial charge on any atom is -0.434 e. The topological polar surface area (TPSA) is 298 Å². The Morgan fingerprint density at radius 3 is 2.05 bits per heavy atom. The molecule has 0 amide bonds. The van der Waals surface area contributed by atoms with E-state index in [0.29, 0.717) is 24.8 Å². The van der Waals surface area contributed by atoms with Crippen LogP contribution < -0.4 is 28.3 Å². The van der Waals surface area contributed by atoms with Crippen molar-refractivity contribution >= 4 is 29.4 Å². The number of benzene rings is 1. The van der Waals surface area contributed by atoms with Gasteiger partial charge in [0, 0.05) is 11.8 Å². The summed E-state index contributed by atoms with van der Waals surface area (Å²) in [6, 6.07) is 5.95. The zero-order chi connectivity index (χ0) is 39.6. The second kappa shape index (κ2) is 25.6. The predicted molar refractivity (Wildman–Crippen MR) is 209 cm³/mol. The van der Waals surface area contributed by atoms with Crippen molar-refractivity contribution < 1.29 is 60.2 Å². The lowest BCUT2D eigenvalue weighted by Gasteiger charge is -2.23. The average molecular weight is 857 g/mol. The molecule has 0 spiro atoms. The van der Waals surface area contributed by atoms with E-state index in [1.54, 1.807) is 0 Å². The minimum atomic E-state index is -5.55. The second-order valence-corrected chi connectivity index (χ2v) is 18.2. The molecule has 2 aromatic rings. The molecule has 22 heteroatoms. The molecule has 1 aromatic carbocycles. The molecule has 0 radical (unpaired) electrons. The lowest BCUT2D eigenvalue weighted by atomic mass is 10.1. The van der Waals surface area contributed by atoms with E-state index in [9.17, 15) is 37.9 Å². The quantitative estimate of drug-likeness (QED) is 0.0195. The lowest BCUT2D eigenvalue weighted by molar-refractivity contribution is -0.0104. The number of nitrogens with zero attached hydrogens (tertiary/aromatic N) is 1. The number of carbonyl (C=O) groups is 1. The highest BCUT2D eigenvalue weighted by Crippen LogP contribution is 2.69. The average Bonchev–Trinajstić information content (AvgIpc) is 3.58. The number of phosphoric acid groups is 2. The molecule has 0 saturated heterocycles. The van der Waals surface area contributed by atoms with Crippen LogP contribution >= 0.6 is 23.2 Å². The Balaban J connectivity index is 0.00000784. The highest BCUT2D eigenvalue weighted by molar-refractivity contribution is 7.68. The van der Waals surface area contributed by atoms with Crippen molar-refractivity contribution in [1.29, 1.82) is 0 Å². The highest BCUT2D eigenvalue weighted by Gasteiger charge is 2.43. The van der Waals surface area contributed by atoms with Crippen molar-refractivity contribution in [3.8, 4) is 5.75 Å². The summed E-state index contributed by atoms with van der Waals surface area (Å²) in [6.45, 7) is 4.83. The van der Waals surface area contributed by atoms with Crippen molar-refractivity contribution in [3.05, 3.63) is 74.6 Å². The third kappa shape index (κ3) is 19.1. The number of ether oxygens (including phenoxy) is 3. The van der Waals surface area contributed by atoms with Crippen LogP contribution in [-0.2, 0) is 47.4 Å². The van der Waals surface area contributed by atoms with E-state index in [2.05, 4.69) is 16.2 Å². The molecule has 3 rings (SSSR count). The number of unbranched alkanes of at least 4 members (excludes halogenated alkanes) is 10. The van der Waals surface area contributed by atoms with Crippen LogP contribution in [0.2, 0.25) is 0 Å². The van der Waals surface area contributed by atoms with Crippen molar-refractivity contribution in [2.75, 3.05) is 19.4 Å². The first-order valence-corrected chi connectivity index (χ1v) is 22.9. The first-order chi connectivity index (χ1) is 25.6. The first-order valence-electron chi connectivity index (χ1n) is 18.2. The van der Waals surface area contributed by atoms with Gasteiger partial charge in [-0.25, -0.2) is 23.0 Å². The summed E-state index contributed by atoms with van der Waals surface area (Å²) < 4.78 is 76.2. The number of carbonyl (C=O) groups excluding carboxylic acids is 1. The summed E-state index contributed by atoms with van der Waals surface area (Å²) in [5.74, 6) is 0.187. The number of H-pyrrole nitrogens is 1. The van der Waals surface area contributed by atoms with E-state index < -0.39 is 59.6 Å². The van der Waals surface area contributed by atoms with Gasteiger partial charge in [-0.15, -0.1) is 0 Å². The number of hydrogen-bond donors (Lipinski definition) is 5. The van der Waals surface area contributed by atoms with E-state index in [4.69, 9.17) is 27.6 Å². The molecule has 19 nitrogen and oxygen atoms in total. The second-order valence-electron chi connectivity index (χ2n) is 12.8. The molecule has 0 saturated carbocycles. The number of nitrogens with one attached hydrogen (secondary N) is 1. The van der Waals surface area contributed by atoms with Crippen LogP contribution in [0.4, 0.5) is 4.79 Å². The van der Waals surface area contributed by atoms with Crippen molar-refractivity contribution in [2.45, 2.75) is 117 Å². The number of aryl methyl sites for hydroxylation is 1. The molecule has 5 atom stereocenters. The number of aromatic nitrogens is 2. The Morgan fingerprint density at radius 1 is 0.821 bits per heavy atom. The lowest BCUT2D eigenvalue weighted by Crippen LogP contribution is -2.33. The van der Waals surface area contributed by atoms with Gasteiger partial charge in [0.2, 0.25) is 0 Å². The molecular formula is C34H59N4O15P3. The standard InChI is InChI=1S/C34H53N2O15P3.2H3N/c1-4-6-8-9-10-11-12-13-14-15-23-52(40,46-25-28-16-18-29(19-17-28)49-34(39)45-22-7-5-2)50-54(43,44)51-53(41,42)47-26-30-20-21-31(48-30)36-24-27(3)32(37)35-33(36)38;;/h16-21,24,30-31H,4-15,22-23,25-26H2,1-3H3,(H,41,42)(H,43,44)(H,35,37,38);2*1H3/t30-,31+,52?;;/m0../s1. The van der Waals surface area contributed by atoms with Crippen LogP contribution in [-0.4, -0.2) is 51.0 Å². The fraction of sp³-hybridized carbons (Fsp3) is 0.618. The van der Waals surface area contributed by atoms with Crippen molar-refractivity contribution in [1.82, 2.24) is 21.9 Å². The van der Waals surface area contributed by atoms with E-state index >= 15 is 0 Å². The number of rotatable bonds is 26. The zero-order valence-electron chi connectivity index (χ0n) is 32.4. The summed E-state index contributed by atoms with van der Waals surface area (Å²) in [5.41, 5.74) is -0.614. The number of hydrogen-bond acceptors (Lipinski definition) is 15.